The highest BCUT2D eigenvalue weighted by atomic mass is 32.2. The molecule has 2 aromatic heterocycles. The van der Waals surface area contributed by atoms with Crippen molar-refractivity contribution in [2.45, 2.75) is 25.8 Å². The molecule has 0 amide bonds. The quantitative estimate of drug-likeness (QED) is 0.876. The second-order valence-electron chi connectivity index (χ2n) is 4.00. The van der Waals surface area contributed by atoms with Gasteiger partial charge < -0.3 is 10.3 Å². The third-order valence-electron chi connectivity index (χ3n) is 2.41. The van der Waals surface area contributed by atoms with E-state index in [1.54, 1.807) is 23.1 Å². The maximum absolute atomic E-state index is 5.97. The van der Waals surface area contributed by atoms with Gasteiger partial charge in [-0.3, -0.25) is 0 Å². The predicted molar refractivity (Wildman–Crippen MR) is 73.9 cm³/mol. The van der Waals surface area contributed by atoms with E-state index in [2.05, 4.69) is 21.4 Å². The highest BCUT2D eigenvalue weighted by molar-refractivity contribution is 7.98. The lowest BCUT2D eigenvalue weighted by atomic mass is 10.2. The Labute approximate surface area is 114 Å². The Kier molecular flexibility index (Phi) is 4.73. The zero-order valence-corrected chi connectivity index (χ0v) is 12.1. The van der Waals surface area contributed by atoms with Gasteiger partial charge in [0.25, 0.3) is 0 Å². The predicted octanol–water partition coefficient (Wildman–Crippen LogP) is 2.18. The Morgan fingerprint density at radius 3 is 3.00 bits per heavy atom. The molecule has 7 heteroatoms. The summed E-state index contributed by atoms with van der Waals surface area (Å²) in [5, 5.41) is 6.96. The summed E-state index contributed by atoms with van der Waals surface area (Å²) in [6, 6.07) is -0.170. The van der Waals surface area contributed by atoms with Crippen molar-refractivity contribution >= 4 is 23.1 Å². The largest absolute Gasteiger partial charge is 0.338 e. The molecule has 2 rings (SSSR count). The average Bonchev–Trinajstić information content (AvgIpc) is 2.96. The van der Waals surface area contributed by atoms with Gasteiger partial charge in [-0.15, -0.1) is 11.3 Å². The number of aryl methyl sites for hydroxylation is 1. The summed E-state index contributed by atoms with van der Waals surface area (Å²) in [4.78, 5) is 8.69. The van der Waals surface area contributed by atoms with Crippen LogP contribution in [0.2, 0.25) is 0 Å². The minimum atomic E-state index is -0.170. The molecular weight excluding hydrogens is 268 g/mol. The molecule has 2 heterocycles. The molecule has 0 saturated heterocycles. The standard InChI is InChI=1S/C11H16N4OS2/c1-7-6-18-10(13-7)5-9-14-11(16-15-9)8(12)3-4-17-2/h6,8H,3-5,12H2,1-2H3. The molecule has 5 nitrogen and oxygen atoms in total. The van der Waals surface area contributed by atoms with E-state index in [4.69, 9.17) is 10.3 Å². The molecule has 0 aliphatic carbocycles. The molecule has 0 aliphatic rings. The van der Waals surface area contributed by atoms with Gasteiger partial charge in [0.2, 0.25) is 5.89 Å². The van der Waals surface area contributed by atoms with E-state index >= 15 is 0 Å². The van der Waals surface area contributed by atoms with E-state index < -0.39 is 0 Å². The number of hydrogen-bond acceptors (Lipinski definition) is 7. The second kappa shape index (κ2) is 6.31. The zero-order valence-electron chi connectivity index (χ0n) is 10.4. The Hall–Kier alpha value is -0.920. The highest BCUT2D eigenvalue weighted by Crippen LogP contribution is 2.16. The van der Waals surface area contributed by atoms with Crippen LogP contribution in [0, 0.1) is 6.92 Å². The van der Waals surface area contributed by atoms with E-state index in [9.17, 15) is 0 Å². The van der Waals surface area contributed by atoms with Crippen LogP contribution in [0.1, 0.15) is 34.9 Å². The van der Waals surface area contributed by atoms with Crippen LogP contribution in [0.3, 0.4) is 0 Å². The molecule has 0 bridgehead atoms. The monoisotopic (exact) mass is 284 g/mol. The molecule has 1 atom stereocenters. The molecule has 0 saturated carbocycles. The van der Waals surface area contributed by atoms with Crippen LogP contribution in [-0.4, -0.2) is 27.1 Å². The first kappa shape index (κ1) is 13.5. The summed E-state index contributed by atoms with van der Waals surface area (Å²) in [7, 11) is 0. The summed E-state index contributed by atoms with van der Waals surface area (Å²) in [6.45, 7) is 1.97. The molecule has 0 radical (unpaired) electrons. The van der Waals surface area contributed by atoms with Gasteiger partial charge in [0.15, 0.2) is 5.82 Å². The molecule has 1 unspecified atom stereocenters. The van der Waals surface area contributed by atoms with Crippen LogP contribution in [0.5, 0.6) is 0 Å². The van der Waals surface area contributed by atoms with Crippen LogP contribution in [-0.2, 0) is 6.42 Å². The number of hydrogen-bond donors (Lipinski definition) is 1. The smallest absolute Gasteiger partial charge is 0.243 e. The first-order valence-corrected chi connectivity index (χ1v) is 7.94. The number of nitrogens with zero attached hydrogens (tertiary/aromatic N) is 3. The minimum Gasteiger partial charge on any atom is -0.338 e. The lowest BCUT2D eigenvalue weighted by Gasteiger charge is -2.03. The fourth-order valence-corrected chi connectivity index (χ4v) is 2.74. The first-order valence-electron chi connectivity index (χ1n) is 5.67. The van der Waals surface area contributed by atoms with Crippen molar-refractivity contribution in [2.24, 2.45) is 5.73 Å². The fraction of sp³-hybridized carbons (Fsp3) is 0.545. The number of thiazole rings is 1. The maximum Gasteiger partial charge on any atom is 0.243 e. The zero-order chi connectivity index (χ0) is 13.0. The molecule has 2 aromatic rings. The van der Waals surface area contributed by atoms with Crippen molar-refractivity contribution in [3.8, 4) is 0 Å². The molecule has 0 fully saturated rings. The van der Waals surface area contributed by atoms with Crippen molar-refractivity contribution in [2.75, 3.05) is 12.0 Å². The molecule has 2 N–H and O–H groups in total. The third-order valence-corrected chi connectivity index (χ3v) is 4.02. The van der Waals surface area contributed by atoms with Crippen molar-refractivity contribution in [3.63, 3.8) is 0 Å². The van der Waals surface area contributed by atoms with Crippen LogP contribution in [0.4, 0.5) is 0 Å². The van der Waals surface area contributed by atoms with Crippen LogP contribution in [0.15, 0.2) is 9.90 Å². The van der Waals surface area contributed by atoms with Crippen LogP contribution in [0.25, 0.3) is 0 Å². The van der Waals surface area contributed by atoms with Gasteiger partial charge in [-0.1, -0.05) is 5.16 Å². The second-order valence-corrected chi connectivity index (χ2v) is 5.92. The fourth-order valence-electron chi connectivity index (χ4n) is 1.48. The lowest BCUT2D eigenvalue weighted by molar-refractivity contribution is 0.349. The summed E-state index contributed by atoms with van der Waals surface area (Å²) in [5.74, 6) is 2.16. The average molecular weight is 284 g/mol. The molecular formula is C11H16N4OS2. The Morgan fingerprint density at radius 2 is 2.33 bits per heavy atom. The number of thioether (sulfide) groups is 1. The van der Waals surface area contributed by atoms with Gasteiger partial charge in [0.05, 0.1) is 12.5 Å². The maximum atomic E-state index is 5.97. The van der Waals surface area contributed by atoms with Gasteiger partial charge in [0, 0.05) is 11.1 Å². The van der Waals surface area contributed by atoms with Gasteiger partial charge in [-0.25, -0.2) is 4.98 Å². The number of aromatic nitrogens is 3. The topological polar surface area (TPSA) is 77.8 Å². The SMILES string of the molecule is CSCCC(N)c1nc(Cc2nc(C)cs2)no1. The number of rotatable bonds is 6. The van der Waals surface area contributed by atoms with Crippen molar-refractivity contribution in [1.29, 1.82) is 0 Å². The van der Waals surface area contributed by atoms with E-state index in [0.717, 1.165) is 22.9 Å². The summed E-state index contributed by atoms with van der Waals surface area (Å²) < 4.78 is 5.18. The van der Waals surface area contributed by atoms with Gasteiger partial charge in [0.1, 0.15) is 5.01 Å². The van der Waals surface area contributed by atoms with E-state index in [0.29, 0.717) is 18.1 Å². The molecule has 18 heavy (non-hydrogen) atoms. The minimum absolute atomic E-state index is 0.170. The number of nitrogens with two attached hydrogens (primary N) is 1. The van der Waals surface area contributed by atoms with Crippen LogP contribution >= 0.6 is 23.1 Å². The van der Waals surface area contributed by atoms with E-state index in [1.165, 1.54) is 0 Å². The van der Waals surface area contributed by atoms with Crippen LogP contribution < -0.4 is 5.73 Å². The van der Waals surface area contributed by atoms with Crippen molar-refractivity contribution in [3.05, 3.63) is 27.8 Å². The van der Waals surface area contributed by atoms with Crippen molar-refractivity contribution < 1.29 is 4.52 Å². The Morgan fingerprint density at radius 1 is 1.50 bits per heavy atom. The van der Waals surface area contributed by atoms with Gasteiger partial charge in [-0.05, 0) is 25.4 Å². The molecule has 0 aromatic carbocycles. The highest BCUT2D eigenvalue weighted by Gasteiger charge is 2.15. The Balaban J connectivity index is 1.97. The molecule has 0 spiro atoms. The van der Waals surface area contributed by atoms with Gasteiger partial charge >= 0.3 is 0 Å². The summed E-state index contributed by atoms with van der Waals surface area (Å²) >= 11 is 3.37. The lowest BCUT2D eigenvalue weighted by Crippen LogP contribution is -2.11. The normalized spacial score (nSPS) is 12.8. The Bertz CT molecular complexity index is 497. The van der Waals surface area contributed by atoms with Crippen molar-refractivity contribution in [1.82, 2.24) is 15.1 Å². The summed E-state index contributed by atoms with van der Waals surface area (Å²) in [6.07, 6.45) is 3.51. The molecule has 0 aliphatic heterocycles. The summed E-state index contributed by atoms with van der Waals surface area (Å²) in [5.41, 5.74) is 6.99. The molecule has 98 valence electrons. The van der Waals surface area contributed by atoms with E-state index in [1.807, 2.05) is 12.3 Å². The first-order chi connectivity index (χ1) is 8.69. The van der Waals surface area contributed by atoms with E-state index in [-0.39, 0.29) is 6.04 Å². The van der Waals surface area contributed by atoms with Gasteiger partial charge in [-0.2, -0.15) is 16.7 Å². The third kappa shape index (κ3) is 3.54.